The van der Waals surface area contributed by atoms with E-state index in [4.69, 9.17) is 6.57 Å². The highest BCUT2D eigenvalue weighted by molar-refractivity contribution is 8.25. The fourth-order valence-electron chi connectivity index (χ4n) is 4.77. The minimum absolute atomic E-state index is 0.00683. The molecule has 4 N–H and O–H groups in total. The number of carbonyl (C=O) groups is 2. The van der Waals surface area contributed by atoms with Gasteiger partial charge in [-0.3, -0.25) is 18.7 Å². The van der Waals surface area contributed by atoms with Crippen molar-refractivity contribution >= 4 is 28.5 Å². The van der Waals surface area contributed by atoms with Crippen molar-refractivity contribution in [3.8, 4) is 0 Å². The minimum Gasteiger partial charge on any atom is -0.358 e. The molecule has 0 aromatic carbocycles. The van der Waals surface area contributed by atoms with E-state index in [1.165, 1.54) is 0 Å². The van der Waals surface area contributed by atoms with Crippen LogP contribution in [0, 0.1) is 20.4 Å². The smallest absolute Gasteiger partial charge is 0.256 e. The first-order chi connectivity index (χ1) is 17.1. The number of fused-ring (bicyclic) bond motifs is 1. The first-order valence-corrected chi connectivity index (χ1v) is 13.8. The minimum atomic E-state index is -2.99. The van der Waals surface area contributed by atoms with Crippen LogP contribution in [0.1, 0.15) is 33.7 Å². The molecule has 0 radical (unpaired) electrons. The van der Waals surface area contributed by atoms with Crippen LogP contribution >= 0.6 is 10.6 Å². The molecule has 1 aromatic heterocycles. The normalized spacial score (nSPS) is 22.3. The van der Waals surface area contributed by atoms with Gasteiger partial charge in [0.25, 0.3) is 11.8 Å². The SMILES string of the molecule is [C-]#[N+]C/C=C/CS(O)(O)C1C=C2C(=CC1)NC(=O)/C2=C\c1[nH]c(C)c(C(=O)N2CCN(C)CC2)c1C. The number of aromatic nitrogens is 1. The summed E-state index contributed by atoms with van der Waals surface area (Å²) in [5.74, 6) is -0.208. The number of H-pyrrole nitrogens is 1. The Kier molecular flexibility index (Phi) is 7.57. The number of likely N-dealkylation sites (N-methyl/N-ethyl adjacent to an activating group) is 1. The summed E-state index contributed by atoms with van der Waals surface area (Å²) in [7, 11) is -0.947. The summed E-state index contributed by atoms with van der Waals surface area (Å²) in [5.41, 5.74) is 4.60. The molecule has 3 aliphatic rings. The number of nitrogens with one attached hydrogen (secondary N) is 2. The van der Waals surface area contributed by atoms with Gasteiger partial charge in [-0.05, 0) is 45.0 Å². The number of carbonyl (C=O) groups excluding carboxylic acids is 2. The zero-order valence-electron chi connectivity index (χ0n) is 20.9. The molecule has 0 bridgehead atoms. The number of aromatic amines is 1. The van der Waals surface area contributed by atoms with E-state index in [0.717, 1.165) is 24.3 Å². The third-order valence-corrected chi connectivity index (χ3v) is 8.92. The maximum Gasteiger partial charge on any atom is 0.256 e. The lowest BCUT2D eigenvalue weighted by atomic mass is 9.98. The van der Waals surface area contributed by atoms with Crippen LogP contribution in [-0.4, -0.2) is 86.5 Å². The lowest BCUT2D eigenvalue weighted by Crippen LogP contribution is -2.47. The van der Waals surface area contributed by atoms with Crippen molar-refractivity contribution in [2.45, 2.75) is 25.5 Å². The van der Waals surface area contributed by atoms with E-state index < -0.39 is 15.8 Å². The van der Waals surface area contributed by atoms with E-state index in [-0.39, 0.29) is 24.1 Å². The molecule has 2 aliphatic heterocycles. The number of amides is 2. The van der Waals surface area contributed by atoms with E-state index in [0.29, 0.717) is 47.6 Å². The van der Waals surface area contributed by atoms with Gasteiger partial charge in [0.15, 0.2) is 0 Å². The second-order valence-electron chi connectivity index (χ2n) is 9.44. The predicted octanol–water partition coefficient (Wildman–Crippen LogP) is 3.34. The van der Waals surface area contributed by atoms with Gasteiger partial charge in [0, 0.05) is 48.8 Å². The number of rotatable bonds is 6. The Hall–Kier alpha value is -3.10. The molecule has 3 heterocycles. The molecule has 1 unspecified atom stereocenters. The number of nitrogens with zero attached hydrogens (tertiary/aromatic N) is 3. The molecule has 2 fully saturated rings. The summed E-state index contributed by atoms with van der Waals surface area (Å²) in [6, 6.07) is 0. The van der Waals surface area contributed by atoms with Gasteiger partial charge in [-0.25, -0.2) is 6.57 Å². The van der Waals surface area contributed by atoms with Gasteiger partial charge in [-0.1, -0.05) is 18.2 Å². The largest absolute Gasteiger partial charge is 0.358 e. The van der Waals surface area contributed by atoms with E-state index >= 15 is 0 Å². The molecule has 1 atom stereocenters. The van der Waals surface area contributed by atoms with E-state index in [9.17, 15) is 18.7 Å². The van der Waals surface area contributed by atoms with Crippen LogP contribution in [0.2, 0.25) is 0 Å². The van der Waals surface area contributed by atoms with Gasteiger partial charge in [0.05, 0.1) is 22.1 Å². The predicted molar refractivity (Wildman–Crippen MR) is 143 cm³/mol. The summed E-state index contributed by atoms with van der Waals surface area (Å²) in [6.07, 6.45) is 8.99. The molecule has 10 heteroatoms. The van der Waals surface area contributed by atoms with E-state index in [2.05, 4.69) is 20.0 Å². The van der Waals surface area contributed by atoms with Crippen LogP contribution in [0.5, 0.6) is 0 Å². The van der Waals surface area contributed by atoms with Gasteiger partial charge in [0.1, 0.15) is 0 Å². The molecular weight excluding hydrogens is 478 g/mol. The lowest BCUT2D eigenvalue weighted by Gasteiger charge is -2.39. The zero-order valence-corrected chi connectivity index (χ0v) is 21.7. The fourth-order valence-corrected chi connectivity index (χ4v) is 6.20. The Morgan fingerprint density at radius 1 is 1.25 bits per heavy atom. The number of hydrogen-bond acceptors (Lipinski definition) is 5. The highest BCUT2D eigenvalue weighted by atomic mass is 32.3. The van der Waals surface area contributed by atoms with Gasteiger partial charge in [-0.15, -0.1) is 0 Å². The van der Waals surface area contributed by atoms with Crippen LogP contribution in [0.4, 0.5) is 0 Å². The van der Waals surface area contributed by atoms with Crippen molar-refractivity contribution in [1.82, 2.24) is 20.1 Å². The van der Waals surface area contributed by atoms with Crippen LogP contribution in [0.15, 0.2) is 41.1 Å². The van der Waals surface area contributed by atoms with Gasteiger partial charge < -0.3 is 24.9 Å². The molecule has 192 valence electrons. The molecule has 0 spiro atoms. The summed E-state index contributed by atoms with van der Waals surface area (Å²) in [4.78, 5) is 36.7. The summed E-state index contributed by atoms with van der Waals surface area (Å²) < 4.78 is 21.5. The second kappa shape index (κ2) is 10.5. The molecule has 1 aromatic rings. The number of hydrogen-bond donors (Lipinski definition) is 4. The lowest BCUT2D eigenvalue weighted by molar-refractivity contribution is -0.115. The van der Waals surface area contributed by atoms with Crippen molar-refractivity contribution in [3.63, 3.8) is 0 Å². The first kappa shape index (κ1) is 26.0. The Bertz CT molecular complexity index is 1230. The molecule has 2 saturated heterocycles. The zero-order chi connectivity index (χ0) is 26.0. The van der Waals surface area contributed by atoms with E-state index in [1.807, 2.05) is 31.9 Å². The average molecular weight is 512 g/mol. The number of allylic oxidation sites excluding steroid dienone is 2. The molecule has 1 aliphatic carbocycles. The highest BCUT2D eigenvalue weighted by Gasteiger charge is 2.34. The molecule has 36 heavy (non-hydrogen) atoms. The highest BCUT2D eigenvalue weighted by Crippen LogP contribution is 2.49. The van der Waals surface area contributed by atoms with Crippen molar-refractivity contribution in [2.24, 2.45) is 0 Å². The standard InChI is InChI=1S/C26H33N5O4S/c1-17-23(28-18(2)24(17)26(33)31-12-10-30(4)11-13-31)16-21-20-15-19(7-8-22(20)29-25(21)32)36(34,35)14-6-5-9-27-3/h5-6,8,15-16,19,28,34-35H,7,9-14H2,1-2,4H3,(H,29,32)/b6-5+,21-16-. The molecule has 2 amide bonds. The van der Waals surface area contributed by atoms with Crippen LogP contribution in [-0.2, 0) is 4.79 Å². The summed E-state index contributed by atoms with van der Waals surface area (Å²) in [5, 5.41) is 2.33. The van der Waals surface area contributed by atoms with Gasteiger partial charge in [0.2, 0.25) is 6.54 Å². The van der Waals surface area contributed by atoms with Crippen molar-refractivity contribution < 1.29 is 18.7 Å². The summed E-state index contributed by atoms with van der Waals surface area (Å²) >= 11 is 0. The third kappa shape index (κ3) is 5.20. The molecule has 4 rings (SSSR count). The van der Waals surface area contributed by atoms with Crippen LogP contribution in [0.3, 0.4) is 0 Å². The average Bonchev–Trinajstić information content (AvgIpc) is 3.31. The van der Waals surface area contributed by atoms with Crippen LogP contribution < -0.4 is 5.32 Å². The Balaban J connectivity index is 1.61. The van der Waals surface area contributed by atoms with Gasteiger partial charge >= 0.3 is 0 Å². The van der Waals surface area contributed by atoms with Crippen molar-refractivity contribution in [1.29, 1.82) is 0 Å². The Labute approximate surface area is 213 Å². The maximum atomic E-state index is 13.3. The molecular formula is C26H33N5O4S. The molecule has 9 nitrogen and oxygen atoms in total. The van der Waals surface area contributed by atoms with E-state index in [1.54, 1.807) is 24.3 Å². The fraction of sp³-hybridized carbons (Fsp3) is 0.423. The topological polar surface area (TPSA) is 113 Å². The maximum absolute atomic E-state index is 13.3. The Morgan fingerprint density at radius 3 is 2.67 bits per heavy atom. The monoisotopic (exact) mass is 511 g/mol. The molecule has 0 saturated carbocycles. The van der Waals surface area contributed by atoms with Gasteiger partial charge in [-0.2, -0.15) is 10.6 Å². The van der Waals surface area contributed by atoms with Crippen molar-refractivity contribution in [3.05, 3.63) is 75.1 Å². The Morgan fingerprint density at radius 2 is 1.97 bits per heavy atom. The number of piperazine rings is 1. The first-order valence-electron chi connectivity index (χ1n) is 12.0. The number of aryl methyl sites for hydroxylation is 1. The quantitative estimate of drug-likeness (QED) is 0.266. The second-order valence-corrected chi connectivity index (χ2v) is 11.8. The van der Waals surface area contributed by atoms with Crippen molar-refractivity contribution in [2.75, 3.05) is 45.5 Å². The third-order valence-electron chi connectivity index (χ3n) is 6.94. The van der Waals surface area contributed by atoms with Crippen LogP contribution in [0.25, 0.3) is 10.9 Å². The summed E-state index contributed by atoms with van der Waals surface area (Å²) in [6.45, 7) is 13.8.